The van der Waals surface area contributed by atoms with Crippen LogP contribution in [0.4, 0.5) is 17.6 Å². The molecule has 3 heterocycles. The highest BCUT2D eigenvalue weighted by atomic mass is 32.2. The Hall–Kier alpha value is -3.28. The highest BCUT2D eigenvalue weighted by Crippen LogP contribution is 2.34. The number of nitrogens with one attached hydrogen (secondary N) is 1. The molecule has 1 atom stereocenters. The minimum absolute atomic E-state index is 0.00208. The number of amides is 1. The molecular formula is C23H22F4N4O3S. The van der Waals surface area contributed by atoms with E-state index in [0.717, 1.165) is 18.3 Å². The second-order valence-electron chi connectivity index (χ2n) is 8.21. The summed E-state index contributed by atoms with van der Waals surface area (Å²) in [6, 6.07) is 6.75. The monoisotopic (exact) mass is 510 g/mol. The minimum atomic E-state index is -4.61. The molecule has 186 valence electrons. The number of carbonyl (C=O) groups excluding carboxylic acids is 1. The van der Waals surface area contributed by atoms with Crippen LogP contribution in [-0.2, 0) is 29.0 Å². The Morgan fingerprint density at radius 1 is 1.23 bits per heavy atom. The normalized spacial score (nSPS) is 15.1. The molecule has 4 rings (SSSR count). The zero-order chi connectivity index (χ0) is 25.4. The third-order valence-corrected chi connectivity index (χ3v) is 7.52. The van der Waals surface area contributed by atoms with Crippen LogP contribution in [0, 0.1) is 0 Å². The van der Waals surface area contributed by atoms with Crippen LogP contribution in [-0.4, -0.2) is 46.5 Å². The van der Waals surface area contributed by atoms with Gasteiger partial charge in [0, 0.05) is 31.0 Å². The second kappa shape index (κ2) is 9.40. The Morgan fingerprint density at radius 3 is 2.66 bits per heavy atom. The van der Waals surface area contributed by atoms with Gasteiger partial charge in [-0.25, -0.2) is 17.8 Å². The molecule has 1 amide bonds. The summed E-state index contributed by atoms with van der Waals surface area (Å²) >= 11 is 0. The maximum atomic E-state index is 15.3. The molecule has 0 spiro atoms. The number of hydrogen-bond donors (Lipinski definition) is 1. The number of carbonyl (C=O) groups is 1. The lowest BCUT2D eigenvalue weighted by Crippen LogP contribution is -2.36. The Kier molecular flexibility index (Phi) is 6.67. The molecule has 0 radical (unpaired) electrons. The molecule has 1 aliphatic heterocycles. The van der Waals surface area contributed by atoms with Crippen molar-refractivity contribution < 1.29 is 30.8 Å². The van der Waals surface area contributed by atoms with E-state index in [2.05, 4.69) is 15.0 Å². The number of benzene rings is 1. The SMILES string of the molecule is CCCS(=O)(=O)c1nc(C(=O)N2CCc3c(cccc3C(F)c3ccc(C(F)(F)F)nc3)C2)c[nH]1. The molecule has 1 aromatic carbocycles. The largest absolute Gasteiger partial charge is 0.433 e. The van der Waals surface area contributed by atoms with Gasteiger partial charge in [0.1, 0.15) is 11.4 Å². The summed E-state index contributed by atoms with van der Waals surface area (Å²) in [6.07, 6.45) is -3.42. The standard InChI is InChI=1S/C23H22F4N4O3S/c1-2-10-35(33,34)22-29-12-18(30-22)21(32)31-9-8-16-15(13-31)4-3-5-17(16)20(24)14-6-7-19(28-11-14)23(25,26)27/h3-7,11-12,20H,2,8-10,13H2,1H3,(H,29,30). The Bertz CT molecular complexity index is 1340. The van der Waals surface area contributed by atoms with E-state index < -0.39 is 33.8 Å². The number of imidazole rings is 1. The van der Waals surface area contributed by atoms with Gasteiger partial charge >= 0.3 is 6.18 Å². The van der Waals surface area contributed by atoms with Gasteiger partial charge in [0.05, 0.1) is 5.75 Å². The van der Waals surface area contributed by atoms with Crippen molar-refractivity contribution in [2.24, 2.45) is 0 Å². The van der Waals surface area contributed by atoms with E-state index in [1.807, 2.05) is 0 Å². The number of nitrogens with zero attached hydrogens (tertiary/aromatic N) is 3. The van der Waals surface area contributed by atoms with Gasteiger partial charge in [-0.1, -0.05) is 31.2 Å². The fraction of sp³-hybridized carbons (Fsp3) is 0.348. The Morgan fingerprint density at radius 2 is 2.00 bits per heavy atom. The lowest BCUT2D eigenvalue weighted by atomic mass is 9.90. The van der Waals surface area contributed by atoms with Crippen molar-refractivity contribution in [3.05, 3.63) is 76.4 Å². The van der Waals surface area contributed by atoms with Crippen molar-refractivity contribution in [1.82, 2.24) is 19.9 Å². The lowest BCUT2D eigenvalue weighted by molar-refractivity contribution is -0.141. The van der Waals surface area contributed by atoms with Crippen molar-refractivity contribution in [2.75, 3.05) is 12.3 Å². The lowest BCUT2D eigenvalue weighted by Gasteiger charge is -2.30. The van der Waals surface area contributed by atoms with Gasteiger partial charge in [-0.2, -0.15) is 13.2 Å². The second-order valence-corrected chi connectivity index (χ2v) is 10.2. The van der Waals surface area contributed by atoms with E-state index in [4.69, 9.17) is 0 Å². The van der Waals surface area contributed by atoms with Crippen LogP contribution < -0.4 is 0 Å². The van der Waals surface area contributed by atoms with Crippen molar-refractivity contribution in [3.63, 3.8) is 0 Å². The van der Waals surface area contributed by atoms with Gasteiger partial charge in [0.25, 0.3) is 5.91 Å². The van der Waals surface area contributed by atoms with Crippen LogP contribution >= 0.6 is 0 Å². The first-order valence-electron chi connectivity index (χ1n) is 10.9. The van der Waals surface area contributed by atoms with Gasteiger partial charge in [0.2, 0.25) is 15.0 Å². The molecule has 1 aliphatic rings. The number of halogens is 4. The summed E-state index contributed by atoms with van der Waals surface area (Å²) < 4.78 is 78.0. The van der Waals surface area contributed by atoms with Crippen molar-refractivity contribution in [3.8, 4) is 0 Å². The first-order chi connectivity index (χ1) is 16.5. The van der Waals surface area contributed by atoms with Crippen LogP contribution in [0.3, 0.4) is 0 Å². The molecule has 1 N–H and O–H groups in total. The molecule has 0 fully saturated rings. The number of pyridine rings is 1. The first kappa shape index (κ1) is 24.8. The van der Waals surface area contributed by atoms with Crippen LogP contribution in [0.15, 0.2) is 47.9 Å². The van der Waals surface area contributed by atoms with E-state index in [9.17, 15) is 26.4 Å². The van der Waals surface area contributed by atoms with E-state index in [1.165, 1.54) is 11.1 Å². The number of alkyl halides is 4. The van der Waals surface area contributed by atoms with Gasteiger partial charge in [-0.05, 0) is 35.6 Å². The summed E-state index contributed by atoms with van der Waals surface area (Å²) in [7, 11) is -3.60. The summed E-state index contributed by atoms with van der Waals surface area (Å²) in [5, 5.41) is -0.257. The Labute approximate surface area is 199 Å². The minimum Gasteiger partial charge on any atom is -0.335 e. The van der Waals surface area contributed by atoms with Crippen LogP contribution in [0.5, 0.6) is 0 Å². The van der Waals surface area contributed by atoms with E-state index in [0.29, 0.717) is 29.5 Å². The summed E-state index contributed by atoms with van der Waals surface area (Å²) in [5.41, 5.74) is 0.558. The van der Waals surface area contributed by atoms with Crippen molar-refractivity contribution >= 4 is 15.7 Å². The first-order valence-corrected chi connectivity index (χ1v) is 12.5. The fourth-order valence-corrected chi connectivity index (χ4v) is 5.26. The highest BCUT2D eigenvalue weighted by Gasteiger charge is 2.33. The number of aromatic amines is 1. The molecular weight excluding hydrogens is 488 g/mol. The van der Waals surface area contributed by atoms with Gasteiger partial charge in [0.15, 0.2) is 6.17 Å². The average molecular weight is 511 g/mol. The van der Waals surface area contributed by atoms with E-state index >= 15 is 4.39 Å². The number of hydrogen-bond acceptors (Lipinski definition) is 5. The molecule has 3 aromatic rings. The predicted molar refractivity (Wildman–Crippen MR) is 118 cm³/mol. The molecule has 0 aliphatic carbocycles. The number of rotatable bonds is 6. The zero-order valence-corrected chi connectivity index (χ0v) is 19.5. The molecule has 35 heavy (non-hydrogen) atoms. The summed E-state index contributed by atoms with van der Waals surface area (Å²) in [5.74, 6) is -0.550. The molecule has 12 heteroatoms. The average Bonchev–Trinajstić information content (AvgIpc) is 3.33. The number of H-pyrrole nitrogens is 1. The molecule has 0 saturated heterocycles. The van der Waals surface area contributed by atoms with Crippen LogP contribution in [0.25, 0.3) is 0 Å². The fourth-order valence-electron chi connectivity index (χ4n) is 4.05. The highest BCUT2D eigenvalue weighted by molar-refractivity contribution is 7.91. The van der Waals surface area contributed by atoms with Crippen molar-refractivity contribution in [1.29, 1.82) is 0 Å². The third-order valence-electron chi connectivity index (χ3n) is 5.77. The van der Waals surface area contributed by atoms with Crippen LogP contribution in [0.2, 0.25) is 0 Å². The maximum absolute atomic E-state index is 15.3. The summed E-state index contributed by atoms with van der Waals surface area (Å²) in [4.78, 5) is 24.3. The quantitative estimate of drug-likeness (QED) is 0.500. The number of fused-ring (bicyclic) bond motifs is 1. The molecule has 0 bridgehead atoms. The predicted octanol–water partition coefficient (Wildman–Crippen LogP) is 4.26. The third kappa shape index (κ3) is 5.07. The number of aromatic nitrogens is 3. The van der Waals surface area contributed by atoms with E-state index in [1.54, 1.807) is 25.1 Å². The molecule has 0 saturated carbocycles. The smallest absolute Gasteiger partial charge is 0.335 e. The summed E-state index contributed by atoms with van der Waals surface area (Å²) in [6.45, 7) is 2.12. The van der Waals surface area contributed by atoms with Crippen LogP contribution in [0.1, 0.15) is 58.0 Å². The number of sulfone groups is 1. The zero-order valence-electron chi connectivity index (χ0n) is 18.6. The van der Waals surface area contributed by atoms with Gasteiger partial charge in [-0.3, -0.25) is 9.78 Å². The molecule has 1 unspecified atom stereocenters. The molecule has 7 nitrogen and oxygen atoms in total. The van der Waals surface area contributed by atoms with Gasteiger partial charge in [-0.15, -0.1) is 0 Å². The topological polar surface area (TPSA) is 96.0 Å². The van der Waals surface area contributed by atoms with Crippen molar-refractivity contribution in [2.45, 2.75) is 43.8 Å². The maximum Gasteiger partial charge on any atom is 0.433 e. The van der Waals surface area contributed by atoms with E-state index in [-0.39, 0.29) is 35.3 Å². The Balaban J connectivity index is 1.53. The molecule has 2 aromatic heterocycles. The van der Waals surface area contributed by atoms with Gasteiger partial charge < -0.3 is 9.88 Å².